The van der Waals surface area contributed by atoms with Crippen LogP contribution in [0.4, 0.5) is 35.1 Å². The number of aliphatic carboxylic acids is 1. The van der Waals surface area contributed by atoms with Crippen LogP contribution in [-0.2, 0) is 34.6 Å². The summed E-state index contributed by atoms with van der Waals surface area (Å²) < 4.78 is 141. The molecular weight excluding hydrogens is 642 g/mol. The van der Waals surface area contributed by atoms with Gasteiger partial charge in [0.25, 0.3) is 5.91 Å². The molecule has 1 unspecified atom stereocenters. The highest BCUT2D eigenvalue weighted by Gasteiger charge is 2.73. The Kier molecular flexibility index (Phi) is 8.85. The zero-order chi connectivity index (χ0) is 33.8. The lowest BCUT2D eigenvalue weighted by Crippen LogP contribution is -2.53. The van der Waals surface area contributed by atoms with E-state index in [9.17, 15) is 58.2 Å². The van der Waals surface area contributed by atoms with Crippen molar-refractivity contribution in [2.75, 3.05) is 20.2 Å². The minimum Gasteiger partial charge on any atom is -0.481 e. The maximum Gasteiger partial charge on any atom is 0.435 e. The normalized spacial score (nSPS) is 24.9. The van der Waals surface area contributed by atoms with Gasteiger partial charge in [-0.3, -0.25) is 9.59 Å². The number of methoxy groups -OCH3 is 1. The summed E-state index contributed by atoms with van der Waals surface area (Å²) in [5.41, 5.74) is -9.48. The number of likely N-dealkylation sites (tertiary alicyclic amines) is 1. The molecule has 45 heavy (non-hydrogen) atoms. The van der Waals surface area contributed by atoms with Crippen molar-refractivity contribution < 1.29 is 63.0 Å². The van der Waals surface area contributed by atoms with Gasteiger partial charge in [-0.05, 0) is 68.4 Å². The fraction of sp³-hybridized carbons (Fsp3) is 0.517. The van der Waals surface area contributed by atoms with Gasteiger partial charge in [0.1, 0.15) is 16.2 Å². The number of amides is 1. The second kappa shape index (κ2) is 11.5. The predicted octanol–water partition coefficient (Wildman–Crippen LogP) is 5.99. The Hall–Kier alpha value is -3.27. The Balaban J connectivity index is 1.81. The summed E-state index contributed by atoms with van der Waals surface area (Å²) >= 11 is 0. The second-order valence-corrected chi connectivity index (χ2v) is 13.7. The lowest BCUT2D eigenvalue weighted by atomic mass is 9.78. The fourth-order valence-corrected chi connectivity index (χ4v) is 8.35. The summed E-state index contributed by atoms with van der Waals surface area (Å²) in [6, 6.07) is 4.54. The van der Waals surface area contributed by atoms with Crippen LogP contribution in [0.15, 0.2) is 47.4 Å². The number of aryl methyl sites for hydroxylation is 1. The van der Waals surface area contributed by atoms with E-state index in [1.807, 2.05) is 0 Å². The van der Waals surface area contributed by atoms with E-state index in [-0.39, 0.29) is 61.9 Å². The number of carboxylic acid groups (broad SMARTS) is 1. The van der Waals surface area contributed by atoms with E-state index in [4.69, 9.17) is 4.74 Å². The molecule has 1 aliphatic carbocycles. The molecule has 7 nitrogen and oxygen atoms in total. The van der Waals surface area contributed by atoms with Gasteiger partial charge in [0, 0.05) is 25.8 Å². The van der Waals surface area contributed by atoms with E-state index in [1.54, 1.807) is 0 Å². The van der Waals surface area contributed by atoms with Crippen molar-refractivity contribution in [2.24, 2.45) is 5.92 Å². The Labute approximate surface area is 253 Å². The van der Waals surface area contributed by atoms with Crippen LogP contribution in [0.3, 0.4) is 0 Å². The zero-order valence-electron chi connectivity index (χ0n) is 23.9. The number of benzene rings is 2. The highest BCUT2D eigenvalue weighted by atomic mass is 32.2. The Morgan fingerprint density at radius 3 is 1.96 bits per heavy atom. The van der Waals surface area contributed by atoms with Crippen molar-refractivity contribution in [1.82, 2.24) is 4.90 Å². The number of ether oxygens (including phenoxy) is 1. The molecule has 1 atom stereocenters. The molecule has 16 heteroatoms. The molecule has 0 spiro atoms. The first-order valence-corrected chi connectivity index (χ1v) is 15.2. The van der Waals surface area contributed by atoms with E-state index in [0.717, 1.165) is 23.1 Å². The second-order valence-electron chi connectivity index (χ2n) is 11.4. The number of alkyl halides is 7. The summed E-state index contributed by atoms with van der Waals surface area (Å²) in [6.07, 6.45) is -13.0. The number of carboxylic acids is 1. The molecule has 2 aromatic rings. The lowest BCUT2D eigenvalue weighted by molar-refractivity contribution is -0.348. The topological polar surface area (TPSA) is 101 Å². The van der Waals surface area contributed by atoms with Crippen LogP contribution in [0.2, 0.25) is 0 Å². The SMILES string of the molecule is COC1(C(=O)N2CCC(c3ccc(C(F)(C(F)(F)F)C(F)(F)F)cc3)(S(=O)(=O)c3ccc(F)c(C)c3)C2)CCC(C(=O)O)CC1. The molecule has 0 bridgehead atoms. The van der Waals surface area contributed by atoms with E-state index < -0.39 is 78.8 Å². The standard InChI is InChI=1S/C29H29F8NO6S/c1-17-15-21(7-8-22(17)30)45(42,43)26(19-3-5-20(6-4-19)27(31,28(32,33)34)29(35,36)37)13-14-38(16-26)24(41)25(44-2)11-9-18(10-12-25)23(39)40/h3-8,15,18H,9-14,16H2,1-2H3,(H,39,40). The van der Waals surface area contributed by atoms with Crippen molar-refractivity contribution in [3.63, 3.8) is 0 Å². The average molecular weight is 672 g/mol. The van der Waals surface area contributed by atoms with Crippen molar-refractivity contribution in [2.45, 2.75) is 72.3 Å². The third kappa shape index (κ3) is 5.57. The number of halogens is 8. The molecule has 2 aromatic carbocycles. The maximum atomic E-state index is 14.7. The van der Waals surface area contributed by atoms with Gasteiger partial charge in [0.15, 0.2) is 9.84 Å². The predicted molar refractivity (Wildman–Crippen MR) is 142 cm³/mol. The first-order valence-electron chi connectivity index (χ1n) is 13.7. The molecule has 248 valence electrons. The molecule has 2 aliphatic rings. The molecule has 1 saturated carbocycles. The first kappa shape index (κ1) is 34.6. The summed E-state index contributed by atoms with van der Waals surface area (Å²) in [5, 5.41) is 9.34. The number of sulfone groups is 1. The minimum atomic E-state index is -6.40. The van der Waals surface area contributed by atoms with Gasteiger partial charge in [0.2, 0.25) is 0 Å². The first-order chi connectivity index (χ1) is 20.7. The van der Waals surface area contributed by atoms with Crippen LogP contribution in [0.1, 0.15) is 48.8 Å². The van der Waals surface area contributed by atoms with Gasteiger partial charge in [0.05, 0.1) is 10.8 Å². The molecule has 1 N–H and O–H groups in total. The van der Waals surface area contributed by atoms with E-state index in [1.165, 1.54) is 14.0 Å². The highest BCUT2D eigenvalue weighted by molar-refractivity contribution is 7.92. The smallest absolute Gasteiger partial charge is 0.435 e. The highest BCUT2D eigenvalue weighted by Crippen LogP contribution is 2.54. The third-order valence-corrected chi connectivity index (χ3v) is 11.5. The summed E-state index contributed by atoms with van der Waals surface area (Å²) in [4.78, 5) is 26.0. The lowest BCUT2D eigenvalue weighted by Gasteiger charge is -2.39. The molecule has 1 heterocycles. The quantitative estimate of drug-likeness (QED) is 0.287. The molecule has 0 radical (unpaired) electrons. The third-order valence-electron chi connectivity index (χ3n) is 8.99. The van der Waals surface area contributed by atoms with E-state index >= 15 is 0 Å². The molecule has 4 rings (SSSR count). The fourth-order valence-electron chi connectivity index (χ4n) is 6.19. The van der Waals surface area contributed by atoms with Gasteiger partial charge in [-0.15, -0.1) is 0 Å². The van der Waals surface area contributed by atoms with Gasteiger partial charge >= 0.3 is 24.0 Å². The van der Waals surface area contributed by atoms with Gasteiger partial charge in [-0.2, -0.15) is 26.3 Å². The van der Waals surface area contributed by atoms with Crippen LogP contribution in [0.5, 0.6) is 0 Å². The largest absolute Gasteiger partial charge is 0.481 e. The summed E-state index contributed by atoms with van der Waals surface area (Å²) in [7, 11) is -3.42. The monoisotopic (exact) mass is 671 g/mol. The zero-order valence-corrected chi connectivity index (χ0v) is 24.8. The van der Waals surface area contributed by atoms with Crippen LogP contribution >= 0.6 is 0 Å². The van der Waals surface area contributed by atoms with Crippen LogP contribution in [0.25, 0.3) is 0 Å². The van der Waals surface area contributed by atoms with E-state index in [2.05, 4.69) is 0 Å². The average Bonchev–Trinajstić information content (AvgIpc) is 3.44. The Bertz CT molecular complexity index is 1550. The molecule has 1 saturated heterocycles. The van der Waals surface area contributed by atoms with Crippen LogP contribution < -0.4 is 0 Å². The number of carbonyl (C=O) groups excluding carboxylic acids is 1. The van der Waals surface area contributed by atoms with Crippen molar-refractivity contribution in [3.8, 4) is 0 Å². The van der Waals surface area contributed by atoms with Crippen molar-refractivity contribution in [3.05, 3.63) is 65.0 Å². The van der Waals surface area contributed by atoms with Gasteiger partial charge in [-0.25, -0.2) is 17.2 Å². The van der Waals surface area contributed by atoms with Gasteiger partial charge in [-0.1, -0.05) is 24.3 Å². The molecule has 2 fully saturated rings. The van der Waals surface area contributed by atoms with Crippen molar-refractivity contribution in [1.29, 1.82) is 0 Å². The number of hydrogen-bond donors (Lipinski definition) is 1. The number of nitrogens with zero attached hydrogens (tertiary/aromatic N) is 1. The van der Waals surface area contributed by atoms with Crippen LogP contribution in [0, 0.1) is 18.7 Å². The van der Waals surface area contributed by atoms with Crippen molar-refractivity contribution >= 4 is 21.7 Å². The molecular formula is C29H29F8NO6S. The molecule has 1 aliphatic heterocycles. The summed E-state index contributed by atoms with van der Waals surface area (Å²) in [5.74, 6) is -3.19. The minimum absolute atomic E-state index is 0.00509. The Morgan fingerprint density at radius 2 is 1.49 bits per heavy atom. The number of carbonyl (C=O) groups is 2. The maximum absolute atomic E-state index is 14.7. The van der Waals surface area contributed by atoms with Gasteiger partial charge < -0.3 is 14.7 Å². The number of hydrogen-bond acceptors (Lipinski definition) is 5. The molecule has 1 amide bonds. The van der Waals surface area contributed by atoms with Crippen LogP contribution in [-0.4, -0.2) is 68.5 Å². The number of rotatable bonds is 7. The Morgan fingerprint density at radius 1 is 0.933 bits per heavy atom. The summed E-state index contributed by atoms with van der Waals surface area (Å²) in [6.45, 7) is 0.410. The van der Waals surface area contributed by atoms with E-state index in [0.29, 0.717) is 12.1 Å². The molecule has 0 aromatic heterocycles.